The fraction of sp³-hybridized carbons (Fsp3) is 0.525. The smallest absolute Gasteiger partial charge is 0.411 e. The number of amides is 3. The van der Waals surface area contributed by atoms with Crippen LogP contribution in [0.15, 0.2) is 36.9 Å². The van der Waals surface area contributed by atoms with E-state index in [2.05, 4.69) is 11.9 Å². The van der Waals surface area contributed by atoms with Gasteiger partial charge in [0.15, 0.2) is 23.0 Å². The lowest BCUT2D eigenvalue weighted by atomic mass is 10.1. The van der Waals surface area contributed by atoms with Gasteiger partial charge < -0.3 is 59.0 Å². The first-order valence-electron chi connectivity index (χ1n) is 18.7. The van der Waals surface area contributed by atoms with Gasteiger partial charge in [0.2, 0.25) is 0 Å². The summed E-state index contributed by atoms with van der Waals surface area (Å²) in [5.74, 6) is 1.12. The molecule has 2 aromatic carbocycles. The molecule has 0 spiro atoms. The van der Waals surface area contributed by atoms with Crippen LogP contribution in [-0.2, 0) is 14.3 Å². The molecule has 2 saturated heterocycles. The van der Waals surface area contributed by atoms with Crippen LogP contribution in [0.4, 0.5) is 16.2 Å². The number of hydrogen-bond donors (Lipinski definition) is 4. The van der Waals surface area contributed by atoms with Crippen molar-refractivity contribution in [1.29, 1.82) is 0 Å². The summed E-state index contributed by atoms with van der Waals surface area (Å²) in [5, 5.41) is 21.6. The number of nitrogens with zero attached hydrogens (tertiary/aromatic N) is 2. The van der Waals surface area contributed by atoms with Crippen LogP contribution in [0.1, 0.15) is 85.9 Å². The molecular formula is C40H56N4O12. The highest BCUT2D eigenvalue weighted by molar-refractivity contribution is 6.04. The molecule has 2 atom stereocenters. The van der Waals surface area contributed by atoms with Crippen molar-refractivity contribution in [3.05, 3.63) is 48.0 Å². The number of rotatable bonds is 19. The highest BCUT2D eigenvalue weighted by Crippen LogP contribution is 2.36. The third kappa shape index (κ3) is 12.9. The molecule has 308 valence electrons. The number of carbonyl (C=O) groups is 5. The number of methoxy groups -OCH3 is 2. The Morgan fingerprint density at radius 3 is 1.73 bits per heavy atom. The highest BCUT2D eigenvalue weighted by atomic mass is 16.5. The molecule has 0 bridgehead atoms. The van der Waals surface area contributed by atoms with Crippen LogP contribution in [0.2, 0.25) is 0 Å². The number of nitrogen functional groups attached to an aromatic ring is 1. The highest BCUT2D eigenvalue weighted by Gasteiger charge is 2.32. The fourth-order valence-corrected chi connectivity index (χ4v) is 6.33. The van der Waals surface area contributed by atoms with Crippen LogP contribution in [0.25, 0.3) is 0 Å². The van der Waals surface area contributed by atoms with Gasteiger partial charge in [-0.2, -0.15) is 0 Å². The maximum absolute atomic E-state index is 13.2. The largest absolute Gasteiger partial charge is 0.493 e. The molecule has 0 aromatic heterocycles. The van der Waals surface area contributed by atoms with Gasteiger partial charge in [0.25, 0.3) is 11.8 Å². The first kappa shape index (κ1) is 45.0. The molecule has 2 aliphatic rings. The average molecular weight is 785 g/mol. The summed E-state index contributed by atoms with van der Waals surface area (Å²) in [5.41, 5.74) is 7.09. The molecule has 0 saturated carbocycles. The summed E-state index contributed by atoms with van der Waals surface area (Å²) in [6, 6.07) is 5.70. The molecule has 0 unspecified atom stereocenters. The van der Waals surface area contributed by atoms with E-state index >= 15 is 0 Å². The van der Waals surface area contributed by atoms with Crippen LogP contribution >= 0.6 is 0 Å². The molecule has 2 aliphatic heterocycles. The van der Waals surface area contributed by atoms with Gasteiger partial charge in [0.05, 0.1) is 69.5 Å². The van der Waals surface area contributed by atoms with Gasteiger partial charge in [-0.15, -0.1) is 0 Å². The Labute approximate surface area is 327 Å². The summed E-state index contributed by atoms with van der Waals surface area (Å²) in [7, 11) is 2.94. The number of hydrogen-bond acceptors (Lipinski definition) is 13. The molecule has 4 rings (SSSR count). The second-order valence-electron chi connectivity index (χ2n) is 13.4. The van der Waals surface area contributed by atoms with E-state index in [9.17, 15) is 34.2 Å². The summed E-state index contributed by atoms with van der Waals surface area (Å²) in [4.78, 5) is 63.4. The van der Waals surface area contributed by atoms with E-state index in [-0.39, 0.29) is 73.1 Å². The number of anilines is 2. The van der Waals surface area contributed by atoms with E-state index in [0.29, 0.717) is 86.0 Å². The SMILES string of the molecule is C=CCOC(=O)Nc1cc(OCCCC(C)=O)c(OC)cc1C(=O)N1CCC[C@H]1CO.COc1cc(C(=O)N2CCC[C@H]2CO)c(N)cc1OCCCC(C)=O. The van der Waals surface area contributed by atoms with Crippen LogP contribution in [0.5, 0.6) is 23.0 Å². The average Bonchev–Trinajstić information content (AvgIpc) is 3.87. The minimum absolute atomic E-state index is 0.0123. The normalized spacial score (nSPS) is 16.0. The lowest BCUT2D eigenvalue weighted by Crippen LogP contribution is -2.38. The standard InChI is InChI=1S/C22H30N2O7.C18H26N2O5/c1-4-10-31-22(28)23-18-13-20(30-11-6-7-15(2)26)19(29-3)12-17(18)21(27)24-9-5-8-16(24)14-25;1-12(22)5-4-8-25-17-10-15(19)14(9-16(17)24-2)18(23)20-7-3-6-13(20)11-21/h4,12-13,16,25H,1,5-11,14H2,2-3H3,(H,23,28);9-10,13,21H,3-8,11,19H2,1-2H3/t16-;13-/m00/s1. The number of nitrogens with one attached hydrogen (secondary N) is 1. The third-order valence-corrected chi connectivity index (χ3v) is 9.23. The lowest BCUT2D eigenvalue weighted by molar-refractivity contribution is -0.118. The molecule has 2 fully saturated rings. The van der Waals surface area contributed by atoms with Crippen molar-refractivity contribution in [1.82, 2.24) is 9.80 Å². The summed E-state index contributed by atoms with van der Waals surface area (Å²) in [6.07, 6.45) is 5.79. The van der Waals surface area contributed by atoms with Gasteiger partial charge in [-0.3, -0.25) is 14.9 Å². The molecular weight excluding hydrogens is 728 g/mol. The molecule has 2 aromatic rings. The first-order chi connectivity index (χ1) is 26.9. The Bertz CT molecular complexity index is 1680. The van der Waals surface area contributed by atoms with Gasteiger partial charge in [0.1, 0.15) is 18.2 Å². The maximum atomic E-state index is 13.2. The monoisotopic (exact) mass is 784 g/mol. The Morgan fingerprint density at radius 1 is 0.786 bits per heavy atom. The zero-order chi connectivity index (χ0) is 41.2. The fourth-order valence-electron chi connectivity index (χ4n) is 6.33. The lowest BCUT2D eigenvalue weighted by Gasteiger charge is -2.25. The van der Waals surface area contributed by atoms with Crippen molar-refractivity contribution in [2.24, 2.45) is 0 Å². The van der Waals surface area contributed by atoms with Crippen molar-refractivity contribution in [2.45, 2.75) is 77.3 Å². The van der Waals surface area contributed by atoms with Crippen molar-refractivity contribution in [3.8, 4) is 23.0 Å². The van der Waals surface area contributed by atoms with Crippen LogP contribution < -0.4 is 30.0 Å². The van der Waals surface area contributed by atoms with E-state index in [4.69, 9.17) is 29.4 Å². The Morgan fingerprint density at radius 2 is 1.27 bits per heavy atom. The molecule has 2 heterocycles. The second-order valence-corrected chi connectivity index (χ2v) is 13.4. The molecule has 16 nitrogen and oxygen atoms in total. The summed E-state index contributed by atoms with van der Waals surface area (Å²) >= 11 is 0. The summed E-state index contributed by atoms with van der Waals surface area (Å²) in [6.45, 7) is 8.11. The van der Waals surface area contributed by atoms with E-state index in [1.165, 1.54) is 46.3 Å². The van der Waals surface area contributed by atoms with Gasteiger partial charge >= 0.3 is 6.09 Å². The zero-order valence-electron chi connectivity index (χ0n) is 32.8. The van der Waals surface area contributed by atoms with Gasteiger partial charge in [-0.1, -0.05) is 12.7 Å². The van der Waals surface area contributed by atoms with Crippen LogP contribution in [-0.4, -0.2) is 122 Å². The Kier molecular flexibility index (Phi) is 18.4. The van der Waals surface area contributed by atoms with E-state index in [1.54, 1.807) is 21.9 Å². The van der Waals surface area contributed by atoms with Gasteiger partial charge in [-0.05, 0) is 64.5 Å². The van der Waals surface area contributed by atoms with E-state index in [0.717, 1.165) is 19.3 Å². The molecule has 0 aliphatic carbocycles. The summed E-state index contributed by atoms with van der Waals surface area (Å²) < 4.78 is 27.1. The first-order valence-corrected chi connectivity index (χ1v) is 18.7. The molecule has 3 amide bonds. The molecule has 0 radical (unpaired) electrons. The van der Waals surface area contributed by atoms with Gasteiger partial charge in [0, 0.05) is 43.8 Å². The quantitative estimate of drug-likeness (QED) is 0.0884. The molecule has 56 heavy (non-hydrogen) atoms. The predicted octanol–water partition coefficient (Wildman–Crippen LogP) is 4.40. The third-order valence-electron chi connectivity index (χ3n) is 9.23. The molecule has 16 heteroatoms. The number of Topliss-reactive ketones (excluding diaryl/α,β-unsaturated/α-hetero) is 2. The Hall–Kier alpha value is -5.35. The van der Waals surface area contributed by atoms with Crippen molar-refractivity contribution < 1.29 is 57.9 Å². The molecule has 5 N–H and O–H groups in total. The number of benzene rings is 2. The maximum Gasteiger partial charge on any atom is 0.411 e. The van der Waals surface area contributed by atoms with Gasteiger partial charge in [-0.25, -0.2) is 4.79 Å². The Balaban J connectivity index is 0.000000307. The second kappa shape index (κ2) is 22.9. The predicted molar refractivity (Wildman–Crippen MR) is 209 cm³/mol. The number of carbonyl (C=O) groups excluding carboxylic acids is 5. The van der Waals surface area contributed by atoms with Crippen molar-refractivity contribution in [2.75, 3.05) is 71.4 Å². The number of aliphatic hydroxyl groups is 2. The minimum Gasteiger partial charge on any atom is -0.493 e. The van der Waals surface area contributed by atoms with Crippen molar-refractivity contribution >= 4 is 40.8 Å². The topological polar surface area (TPSA) is 216 Å². The number of nitrogens with two attached hydrogens (primary N) is 1. The van der Waals surface area contributed by atoms with Crippen LogP contribution in [0.3, 0.4) is 0 Å². The minimum atomic E-state index is -0.748. The number of ketones is 2. The van der Waals surface area contributed by atoms with E-state index < -0.39 is 6.09 Å². The van der Waals surface area contributed by atoms with E-state index in [1.807, 2.05) is 0 Å². The van der Waals surface area contributed by atoms with Crippen molar-refractivity contribution in [3.63, 3.8) is 0 Å². The number of aliphatic hydroxyl groups excluding tert-OH is 2. The number of ether oxygens (including phenoxy) is 5. The number of likely N-dealkylation sites (tertiary alicyclic amines) is 2. The van der Waals surface area contributed by atoms with Crippen LogP contribution in [0, 0.1) is 0 Å². The zero-order valence-corrected chi connectivity index (χ0v) is 32.8.